The SMILES string of the molecule is CN(C)c1ccc(C#CC#Cc2ccc([N+](=O)[O-])cc2)cc1. The molecule has 0 atom stereocenters. The Bertz CT molecular complexity index is 783. The van der Waals surface area contributed by atoms with Crippen molar-refractivity contribution in [1.29, 1.82) is 0 Å². The minimum atomic E-state index is -0.436. The second kappa shape index (κ2) is 6.97. The molecule has 0 N–H and O–H groups in total. The van der Waals surface area contributed by atoms with E-state index in [1.807, 2.05) is 43.3 Å². The highest BCUT2D eigenvalue weighted by Crippen LogP contribution is 2.12. The van der Waals surface area contributed by atoms with Crippen molar-refractivity contribution in [3.05, 3.63) is 69.8 Å². The monoisotopic (exact) mass is 290 g/mol. The van der Waals surface area contributed by atoms with Crippen molar-refractivity contribution >= 4 is 11.4 Å². The van der Waals surface area contributed by atoms with Crippen LogP contribution in [0, 0.1) is 33.8 Å². The molecule has 4 nitrogen and oxygen atoms in total. The highest BCUT2D eigenvalue weighted by molar-refractivity contribution is 5.51. The first kappa shape index (κ1) is 15.2. The second-order valence-electron chi connectivity index (χ2n) is 4.75. The van der Waals surface area contributed by atoms with Gasteiger partial charge >= 0.3 is 0 Å². The van der Waals surface area contributed by atoms with Crippen LogP contribution in [0.5, 0.6) is 0 Å². The number of rotatable bonds is 2. The fourth-order valence-corrected chi connectivity index (χ4v) is 1.72. The number of non-ortho nitro benzene ring substituents is 1. The molecule has 22 heavy (non-hydrogen) atoms. The largest absolute Gasteiger partial charge is 0.378 e. The molecule has 0 aliphatic rings. The van der Waals surface area contributed by atoms with Crippen LogP contribution in [0.2, 0.25) is 0 Å². The Labute approximate surface area is 129 Å². The maximum Gasteiger partial charge on any atom is 0.269 e. The number of nitro benzene ring substituents is 1. The summed E-state index contributed by atoms with van der Waals surface area (Å²) in [6.45, 7) is 0. The zero-order valence-corrected chi connectivity index (χ0v) is 12.3. The van der Waals surface area contributed by atoms with Gasteiger partial charge in [-0.25, -0.2) is 0 Å². The molecule has 108 valence electrons. The third kappa shape index (κ3) is 4.13. The minimum absolute atomic E-state index is 0.0533. The standard InChI is InChI=1S/C18H14N2O2/c1-19(2)17-11-7-15(8-12-17)5-3-4-6-16-9-13-18(14-10-16)20(21)22/h7-14H,1-2H3. The van der Waals surface area contributed by atoms with Crippen LogP contribution in [-0.4, -0.2) is 19.0 Å². The molecular formula is C18H14N2O2. The molecule has 4 heteroatoms. The molecule has 0 fully saturated rings. The van der Waals surface area contributed by atoms with E-state index in [-0.39, 0.29) is 5.69 Å². The van der Waals surface area contributed by atoms with Gasteiger partial charge in [-0.05, 0) is 48.2 Å². The number of nitrogens with zero attached hydrogens (tertiary/aromatic N) is 2. The lowest BCUT2D eigenvalue weighted by Crippen LogP contribution is -2.07. The maximum absolute atomic E-state index is 10.5. The number of hydrogen-bond donors (Lipinski definition) is 0. The fraction of sp³-hybridized carbons (Fsp3) is 0.111. The van der Waals surface area contributed by atoms with Crippen molar-refractivity contribution in [1.82, 2.24) is 0 Å². The zero-order chi connectivity index (χ0) is 15.9. The molecule has 0 saturated heterocycles. The van der Waals surface area contributed by atoms with E-state index in [4.69, 9.17) is 0 Å². The van der Waals surface area contributed by atoms with Gasteiger partial charge in [-0.15, -0.1) is 0 Å². The summed E-state index contributed by atoms with van der Waals surface area (Å²) in [5.41, 5.74) is 2.76. The average Bonchev–Trinajstić information content (AvgIpc) is 2.52. The molecule has 0 heterocycles. The Hall–Kier alpha value is -3.24. The zero-order valence-electron chi connectivity index (χ0n) is 12.3. The van der Waals surface area contributed by atoms with Crippen LogP contribution in [0.4, 0.5) is 11.4 Å². The summed E-state index contributed by atoms with van der Waals surface area (Å²) in [6.07, 6.45) is 0. The Balaban J connectivity index is 2.06. The summed E-state index contributed by atoms with van der Waals surface area (Å²) < 4.78 is 0. The topological polar surface area (TPSA) is 46.4 Å². The van der Waals surface area contributed by atoms with Gasteiger partial charge in [0.1, 0.15) is 0 Å². The van der Waals surface area contributed by atoms with Gasteiger partial charge in [0, 0.05) is 43.0 Å². The number of nitro groups is 1. The smallest absolute Gasteiger partial charge is 0.269 e. The first-order valence-corrected chi connectivity index (χ1v) is 6.60. The van der Waals surface area contributed by atoms with E-state index in [1.54, 1.807) is 12.1 Å². The summed E-state index contributed by atoms with van der Waals surface area (Å²) in [4.78, 5) is 12.1. The van der Waals surface area contributed by atoms with Crippen molar-refractivity contribution in [3.63, 3.8) is 0 Å². The highest BCUT2D eigenvalue weighted by atomic mass is 16.6. The van der Waals surface area contributed by atoms with Crippen molar-refractivity contribution in [2.24, 2.45) is 0 Å². The Morgan fingerprint density at radius 3 is 1.73 bits per heavy atom. The molecule has 0 spiro atoms. The van der Waals surface area contributed by atoms with Gasteiger partial charge in [0.05, 0.1) is 4.92 Å². The van der Waals surface area contributed by atoms with Gasteiger partial charge < -0.3 is 4.90 Å². The summed E-state index contributed by atoms with van der Waals surface area (Å²) in [5, 5.41) is 10.5. The Morgan fingerprint density at radius 2 is 1.32 bits per heavy atom. The van der Waals surface area contributed by atoms with Gasteiger partial charge in [0.15, 0.2) is 0 Å². The summed E-state index contributed by atoms with van der Waals surface area (Å²) in [7, 11) is 3.96. The van der Waals surface area contributed by atoms with Crippen molar-refractivity contribution < 1.29 is 4.92 Å². The molecule has 0 amide bonds. The quantitative estimate of drug-likeness (QED) is 0.485. The molecule has 0 saturated carbocycles. The normalized spacial score (nSPS) is 9.00. The van der Waals surface area contributed by atoms with E-state index >= 15 is 0 Å². The molecule has 0 unspecified atom stereocenters. The van der Waals surface area contributed by atoms with Crippen LogP contribution in [0.15, 0.2) is 48.5 Å². The first-order valence-electron chi connectivity index (χ1n) is 6.60. The summed E-state index contributed by atoms with van der Waals surface area (Å²) >= 11 is 0. The number of anilines is 1. The van der Waals surface area contributed by atoms with E-state index in [1.165, 1.54) is 12.1 Å². The Morgan fingerprint density at radius 1 is 0.864 bits per heavy atom. The van der Waals surface area contributed by atoms with E-state index < -0.39 is 4.92 Å². The molecular weight excluding hydrogens is 276 g/mol. The van der Waals surface area contributed by atoms with Crippen LogP contribution < -0.4 is 4.90 Å². The lowest BCUT2D eigenvalue weighted by atomic mass is 10.2. The first-order chi connectivity index (χ1) is 10.6. The van der Waals surface area contributed by atoms with Crippen LogP contribution in [-0.2, 0) is 0 Å². The van der Waals surface area contributed by atoms with Crippen LogP contribution in [0.3, 0.4) is 0 Å². The van der Waals surface area contributed by atoms with Gasteiger partial charge in [-0.3, -0.25) is 10.1 Å². The van der Waals surface area contributed by atoms with Crippen molar-refractivity contribution in [3.8, 4) is 23.7 Å². The molecule has 0 bridgehead atoms. The summed E-state index contributed by atoms with van der Waals surface area (Å²) in [5.74, 6) is 11.3. The maximum atomic E-state index is 10.5. The summed E-state index contributed by atoms with van der Waals surface area (Å²) in [6, 6.07) is 13.9. The van der Waals surface area contributed by atoms with E-state index in [2.05, 4.69) is 23.7 Å². The van der Waals surface area contributed by atoms with Gasteiger partial charge in [0.25, 0.3) is 5.69 Å². The number of hydrogen-bond acceptors (Lipinski definition) is 3. The third-order valence-electron chi connectivity index (χ3n) is 2.94. The molecule has 2 rings (SSSR count). The molecule has 0 radical (unpaired) electrons. The molecule has 2 aromatic rings. The lowest BCUT2D eigenvalue weighted by Gasteiger charge is -2.11. The van der Waals surface area contributed by atoms with E-state index in [0.717, 1.165) is 11.3 Å². The van der Waals surface area contributed by atoms with Gasteiger partial charge in [-0.2, -0.15) is 0 Å². The Kier molecular flexibility index (Phi) is 4.80. The fourth-order valence-electron chi connectivity index (χ4n) is 1.72. The average molecular weight is 290 g/mol. The lowest BCUT2D eigenvalue weighted by molar-refractivity contribution is -0.384. The molecule has 0 aliphatic heterocycles. The van der Waals surface area contributed by atoms with Crippen LogP contribution in [0.25, 0.3) is 0 Å². The molecule has 2 aromatic carbocycles. The molecule has 0 aromatic heterocycles. The number of benzene rings is 2. The highest BCUT2D eigenvalue weighted by Gasteiger charge is 2.01. The van der Waals surface area contributed by atoms with E-state index in [0.29, 0.717) is 5.56 Å². The second-order valence-corrected chi connectivity index (χ2v) is 4.75. The predicted molar refractivity (Wildman–Crippen MR) is 87.6 cm³/mol. The van der Waals surface area contributed by atoms with Crippen molar-refractivity contribution in [2.45, 2.75) is 0 Å². The predicted octanol–water partition coefficient (Wildman–Crippen LogP) is 3.06. The minimum Gasteiger partial charge on any atom is -0.378 e. The van der Waals surface area contributed by atoms with Crippen molar-refractivity contribution in [2.75, 3.05) is 19.0 Å². The van der Waals surface area contributed by atoms with E-state index in [9.17, 15) is 10.1 Å². The van der Waals surface area contributed by atoms with Gasteiger partial charge in [-0.1, -0.05) is 11.8 Å². The van der Waals surface area contributed by atoms with Crippen LogP contribution in [0.1, 0.15) is 11.1 Å². The van der Waals surface area contributed by atoms with Crippen LogP contribution >= 0.6 is 0 Å². The third-order valence-corrected chi connectivity index (χ3v) is 2.94. The van der Waals surface area contributed by atoms with Gasteiger partial charge in [0.2, 0.25) is 0 Å². The molecule has 0 aliphatic carbocycles.